The molecule has 0 aromatic heterocycles. The second-order valence-electron chi connectivity index (χ2n) is 11.9. The number of hydrogen-bond acceptors (Lipinski definition) is 5. The van der Waals surface area contributed by atoms with Crippen molar-refractivity contribution in [3.05, 3.63) is 65.0 Å². The third-order valence-electron chi connectivity index (χ3n) is 8.71. The fourth-order valence-corrected chi connectivity index (χ4v) is 6.67. The molecule has 230 valence electrons. The number of likely N-dealkylation sites (tertiary alicyclic amines) is 2. The highest BCUT2D eigenvalue weighted by Crippen LogP contribution is 2.49. The quantitative estimate of drug-likeness (QED) is 0.220. The number of Topliss-reactive ketones (excluding diaryl/α,β-unsaturated/α-hetero) is 1. The summed E-state index contributed by atoms with van der Waals surface area (Å²) in [5, 5.41) is 10.1. The van der Waals surface area contributed by atoms with Gasteiger partial charge in [0.2, 0.25) is 5.91 Å². The van der Waals surface area contributed by atoms with E-state index in [-0.39, 0.29) is 35.5 Å². The molecule has 0 unspecified atom stereocenters. The van der Waals surface area contributed by atoms with E-state index < -0.39 is 47.5 Å². The number of unbranched alkanes of at least 4 members (excludes halogenated alkanes) is 2. The molecule has 4 rings (SSSR count). The van der Waals surface area contributed by atoms with Gasteiger partial charge in [0.25, 0.3) is 0 Å². The van der Waals surface area contributed by atoms with Crippen molar-refractivity contribution >= 4 is 11.7 Å². The maximum absolute atomic E-state index is 15.1. The zero-order valence-corrected chi connectivity index (χ0v) is 24.5. The molecule has 0 spiro atoms. The summed E-state index contributed by atoms with van der Waals surface area (Å²) in [6.07, 6.45) is -1.39. The molecule has 0 bridgehead atoms. The van der Waals surface area contributed by atoms with E-state index in [1.54, 1.807) is 6.07 Å². The number of nitrogens with zero attached hydrogens (tertiary/aromatic N) is 3. The van der Waals surface area contributed by atoms with Gasteiger partial charge in [-0.15, -0.1) is 0 Å². The van der Waals surface area contributed by atoms with Crippen LogP contribution in [0.15, 0.2) is 42.5 Å². The van der Waals surface area contributed by atoms with Crippen LogP contribution in [-0.4, -0.2) is 90.5 Å². The van der Waals surface area contributed by atoms with Crippen molar-refractivity contribution in [2.24, 2.45) is 11.8 Å². The minimum absolute atomic E-state index is 0.0695. The predicted molar refractivity (Wildman–Crippen MR) is 153 cm³/mol. The van der Waals surface area contributed by atoms with Gasteiger partial charge in [0.05, 0.1) is 5.92 Å². The Balaban J connectivity index is 1.84. The van der Waals surface area contributed by atoms with Crippen molar-refractivity contribution < 1.29 is 32.3 Å². The smallest absolute Gasteiger partial charge is 0.404 e. The van der Waals surface area contributed by atoms with E-state index in [9.17, 15) is 19.1 Å². The first kappa shape index (κ1) is 31.9. The lowest BCUT2D eigenvalue weighted by Gasteiger charge is -2.50. The zero-order chi connectivity index (χ0) is 30.6. The molecule has 6 nitrogen and oxygen atoms in total. The Kier molecular flexibility index (Phi) is 10.3. The number of benzene rings is 2. The number of carbonyl (C=O) groups excluding carboxylic acids is 2. The summed E-state index contributed by atoms with van der Waals surface area (Å²) >= 11 is 0. The number of phenolic OH excluding ortho intramolecular Hbond substituents is 1. The molecule has 1 amide bonds. The SMILES string of the molecule is Cc1c(F)cccc1[C@H]1[C@H](C(=O)N2CCCC2)[C@@H](C(F)(F)F)N(CCCCCN(C)C)C[C@@H]1C(=O)c1cccc(O)c1. The zero-order valence-electron chi connectivity index (χ0n) is 24.5. The van der Waals surface area contributed by atoms with E-state index in [0.717, 1.165) is 13.0 Å². The van der Waals surface area contributed by atoms with Gasteiger partial charge in [-0.2, -0.15) is 13.2 Å². The number of phenols is 1. The van der Waals surface area contributed by atoms with Crippen molar-refractivity contribution in [3.63, 3.8) is 0 Å². The maximum Gasteiger partial charge on any atom is 0.404 e. The van der Waals surface area contributed by atoms with Gasteiger partial charge in [-0.3, -0.25) is 14.5 Å². The van der Waals surface area contributed by atoms with Crippen molar-refractivity contribution in [2.45, 2.75) is 57.2 Å². The van der Waals surface area contributed by atoms with Gasteiger partial charge in [-0.05, 0) is 89.1 Å². The van der Waals surface area contributed by atoms with Crippen LogP contribution in [0.3, 0.4) is 0 Å². The summed E-state index contributed by atoms with van der Waals surface area (Å²) < 4.78 is 60.3. The van der Waals surface area contributed by atoms with Gasteiger partial charge in [0.15, 0.2) is 5.78 Å². The standard InChI is InChI=1S/C32H41F4N3O3/c1-21-24(13-10-14-26(21)33)27-25(29(41)22-11-9-12-23(40)19-22)20-39(18-6-4-5-15-37(2)3)30(32(34,35)36)28(27)31(42)38-16-7-8-17-38/h9-14,19,25,27-28,30,40H,4-8,15-18,20H2,1-3H3/t25-,27+,28-,30-/m0/s1. The third kappa shape index (κ3) is 7.14. The first-order valence-electron chi connectivity index (χ1n) is 14.7. The maximum atomic E-state index is 15.1. The Morgan fingerprint density at radius 1 is 1.02 bits per heavy atom. The van der Waals surface area contributed by atoms with Gasteiger partial charge in [0, 0.05) is 37.0 Å². The largest absolute Gasteiger partial charge is 0.508 e. The van der Waals surface area contributed by atoms with Crippen LogP contribution >= 0.6 is 0 Å². The van der Waals surface area contributed by atoms with E-state index >= 15 is 13.2 Å². The summed E-state index contributed by atoms with van der Waals surface area (Å²) in [5.74, 6) is -5.78. The summed E-state index contributed by atoms with van der Waals surface area (Å²) in [5.41, 5.74) is 0.516. The van der Waals surface area contributed by atoms with Gasteiger partial charge in [0.1, 0.15) is 17.6 Å². The van der Waals surface area contributed by atoms with Crippen molar-refractivity contribution in [3.8, 4) is 5.75 Å². The summed E-state index contributed by atoms with van der Waals surface area (Å²) in [7, 11) is 3.87. The number of ketones is 1. The molecule has 2 saturated heterocycles. The van der Waals surface area contributed by atoms with E-state index in [1.807, 2.05) is 19.0 Å². The minimum Gasteiger partial charge on any atom is -0.508 e. The number of piperidine rings is 1. The number of carbonyl (C=O) groups is 2. The number of halogens is 4. The summed E-state index contributed by atoms with van der Waals surface area (Å²) in [6, 6.07) is 7.78. The number of aromatic hydroxyl groups is 1. The monoisotopic (exact) mass is 591 g/mol. The number of rotatable bonds is 10. The van der Waals surface area contributed by atoms with E-state index in [4.69, 9.17) is 0 Å². The highest BCUT2D eigenvalue weighted by Gasteiger charge is 2.60. The van der Waals surface area contributed by atoms with Crippen LogP contribution in [0.4, 0.5) is 17.6 Å². The molecule has 0 saturated carbocycles. The van der Waals surface area contributed by atoms with Crippen molar-refractivity contribution in [1.29, 1.82) is 0 Å². The Labute approximate surface area is 245 Å². The molecule has 4 atom stereocenters. The Bertz CT molecular complexity index is 1250. The summed E-state index contributed by atoms with van der Waals surface area (Å²) in [4.78, 5) is 33.0. The highest BCUT2D eigenvalue weighted by molar-refractivity contribution is 5.99. The fraction of sp³-hybridized carbons (Fsp3) is 0.562. The van der Waals surface area contributed by atoms with Crippen LogP contribution < -0.4 is 0 Å². The van der Waals surface area contributed by atoms with Crippen LogP contribution in [0, 0.1) is 24.6 Å². The molecule has 0 aliphatic carbocycles. The minimum atomic E-state index is -4.76. The Morgan fingerprint density at radius 2 is 1.71 bits per heavy atom. The van der Waals surface area contributed by atoms with Gasteiger partial charge < -0.3 is 14.9 Å². The lowest BCUT2D eigenvalue weighted by Crippen LogP contribution is -2.63. The molecule has 2 aromatic rings. The number of hydrogen-bond donors (Lipinski definition) is 1. The van der Waals surface area contributed by atoms with Crippen molar-refractivity contribution in [1.82, 2.24) is 14.7 Å². The number of amides is 1. The first-order chi connectivity index (χ1) is 19.9. The highest BCUT2D eigenvalue weighted by atomic mass is 19.4. The molecule has 2 fully saturated rings. The fourth-order valence-electron chi connectivity index (χ4n) is 6.67. The lowest BCUT2D eigenvalue weighted by molar-refractivity contribution is -0.214. The van der Waals surface area contributed by atoms with Crippen LogP contribution in [-0.2, 0) is 4.79 Å². The third-order valence-corrected chi connectivity index (χ3v) is 8.71. The van der Waals surface area contributed by atoms with Crippen LogP contribution in [0.1, 0.15) is 59.5 Å². The topological polar surface area (TPSA) is 64.1 Å². The molecule has 0 radical (unpaired) electrons. The van der Waals surface area contributed by atoms with E-state index in [1.165, 1.54) is 53.1 Å². The molecular formula is C32H41F4N3O3. The average Bonchev–Trinajstić information content (AvgIpc) is 3.47. The van der Waals surface area contributed by atoms with Gasteiger partial charge in [-0.1, -0.05) is 30.7 Å². The molecule has 2 aliphatic heterocycles. The van der Waals surface area contributed by atoms with E-state index in [2.05, 4.69) is 0 Å². The van der Waals surface area contributed by atoms with Gasteiger partial charge in [-0.25, -0.2) is 4.39 Å². The number of alkyl halides is 3. The molecule has 10 heteroatoms. The van der Waals surface area contributed by atoms with E-state index in [0.29, 0.717) is 38.8 Å². The molecule has 42 heavy (non-hydrogen) atoms. The molecule has 2 heterocycles. The normalized spacial score (nSPS) is 23.5. The van der Waals surface area contributed by atoms with Crippen LogP contribution in [0.2, 0.25) is 0 Å². The Hall–Kier alpha value is -2.98. The van der Waals surface area contributed by atoms with Crippen molar-refractivity contribution in [2.75, 3.05) is 46.8 Å². The molecule has 2 aromatic carbocycles. The van der Waals surface area contributed by atoms with Crippen LogP contribution in [0.25, 0.3) is 0 Å². The first-order valence-corrected chi connectivity index (χ1v) is 14.7. The predicted octanol–water partition coefficient (Wildman–Crippen LogP) is 5.64. The van der Waals surface area contributed by atoms with Gasteiger partial charge >= 0.3 is 6.18 Å². The molecular weight excluding hydrogens is 550 g/mol. The molecule has 1 N–H and O–H groups in total. The van der Waals surface area contributed by atoms with Crippen LogP contribution in [0.5, 0.6) is 5.75 Å². The lowest BCUT2D eigenvalue weighted by atomic mass is 9.66. The average molecular weight is 592 g/mol. The second-order valence-corrected chi connectivity index (χ2v) is 11.9. The molecule has 2 aliphatic rings. The Morgan fingerprint density at radius 3 is 2.36 bits per heavy atom. The second kappa shape index (κ2) is 13.5. The summed E-state index contributed by atoms with van der Waals surface area (Å²) in [6.45, 7) is 2.82.